The maximum Gasteiger partial charge on any atom is 0.0954 e. The number of para-hydroxylation sites is 1. The first-order chi connectivity index (χ1) is 10.2. The Morgan fingerprint density at radius 2 is 2.05 bits per heavy atom. The Morgan fingerprint density at radius 1 is 1.19 bits per heavy atom. The normalized spacial score (nSPS) is 12.7. The minimum Gasteiger partial charge on any atom is -0.327 e. The summed E-state index contributed by atoms with van der Waals surface area (Å²) in [6, 6.07) is 16.9. The molecule has 0 radical (unpaired) electrons. The van der Waals surface area contributed by atoms with Gasteiger partial charge in [0.1, 0.15) is 0 Å². The van der Waals surface area contributed by atoms with Crippen molar-refractivity contribution in [1.82, 2.24) is 4.98 Å². The van der Waals surface area contributed by atoms with Gasteiger partial charge in [0.25, 0.3) is 0 Å². The molecule has 2 nitrogen and oxygen atoms in total. The van der Waals surface area contributed by atoms with Gasteiger partial charge in [-0.05, 0) is 31.2 Å². The van der Waals surface area contributed by atoms with E-state index in [0.29, 0.717) is 0 Å². The van der Waals surface area contributed by atoms with Crippen LogP contribution >= 0.6 is 23.1 Å². The van der Waals surface area contributed by atoms with Crippen molar-refractivity contribution < 1.29 is 0 Å². The first kappa shape index (κ1) is 14.6. The molecule has 2 aromatic carbocycles. The van der Waals surface area contributed by atoms with Crippen molar-refractivity contribution in [3.63, 3.8) is 0 Å². The van der Waals surface area contributed by atoms with Gasteiger partial charge in [-0.2, -0.15) is 0 Å². The molecule has 0 spiro atoms. The van der Waals surface area contributed by atoms with Crippen molar-refractivity contribution in [2.24, 2.45) is 5.73 Å². The predicted octanol–water partition coefficient (Wildman–Crippen LogP) is 4.27. The van der Waals surface area contributed by atoms with Crippen LogP contribution in [-0.4, -0.2) is 16.8 Å². The van der Waals surface area contributed by atoms with Gasteiger partial charge in [0, 0.05) is 23.1 Å². The van der Waals surface area contributed by atoms with Crippen LogP contribution in [0.25, 0.3) is 10.2 Å². The molecule has 2 N–H and O–H groups in total. The van der Waals surface area contributed by atoms with Gasteiger partial charge < -0.3 is 5.73 Å². The van der Waals surface area contributed by atoms with E-state index in [1.807, 2.05) is 17.8 Å². The van der Waals surface area contributed by atoms with E-state index in [4.69, 9.17) is 5.73 Å². The lowest BCUT2D eigenvalue weighted by atomic mass is 10.2. The number of benzene rings is 2. The third-order valence-electron chi connectivity index (χ3n) is 3.23. The summed E-state index contributed by atoms with van der Waals surface area (Å²) in [4.78, 5) is 5.94. The van der Waals surface area contributed by atoms with Crippen molar-refractivity contribution in [1.29, 1.82) is 0 Å². The molecule has 0 aliphatic carbocycles. The largest absolute Gasteiger partial charge is 0.327 e. The van der Waals surface area contributed by atoms with E-state index < -0.39 is 0 Å². The highest BCUT2D eigenvalue weighted by Crippen LogP contribution is 2.24. The third-order valence-corrected chi connectivity index (χ3v) is 5.47. The monoisotopic (exact) mass is 314 g/mol. The van der Waals surface area contributed by atoms with Crippen LogP contribution in [0.15, 0.2) is 53.4 Å². The molecule has 0 aliphatic rings. The first-order valence-corrected chi connectivity index (χ1v) is 8.80. The Balaban J connectivity index is 1.59. The maximum absolute atomic E-state index is 6.26. The van der Waals surface area contributed by atoms with E-state index in [1.165, 1.54) is 15.2 Å². The topological polar surface area (TPSA) is 38.9 Å². The number of thiazole rings is 1. The molecule has 21 heavy (non-hydrogen) atoms. The maximum atomic E-state index is 6.26. The SMILES string of the molecule is Cc1cccc(SCC(N)Cc2nc3ccccc3s2)c1. The second kappa shape index (κ2) is 6.60. The second-order valence-electron chi connectivity index (χ2n) is 5.17. The van der Waals surface area contributed by atoms with Crippen LogP contribution in [0.5, 0.6) is 0 Å². The van der Waals surface area contributed by atoms with Crippen molar-refractivity contribution in [2.45, 2.75) is 24.3 Å². The molecule has 0 saturated heterocycles. The molecule has 4 heteroatoms. The highest BCUT2D eigenvalue weighted by Gasteiger charge is 2.09. The summed E-state index contributed by atoms with van der Waals surface area (Å²) in [5.41, 5.74) is 8.63. The van der Waals surface area contributed by atoms with Gasteiger partial charge in [-0.1, -0.05) is 29.8 Å². The molecular weight excluding hydrogens is 296 g/mol. The van der Waals surface area contributed by atoms with Gasteiger partial charge in [-0.3, -0.25) is 0 Å². The number of fused-ring (bicyclic) bond motifs is 1. The molecule has 0 fully saturated rings. The van der Waals surface area contributed by atoms with Gasteiger partial charge in [-0.25, -0.2) is 4.98 Å². The average Bonchev–Trinajstić information content (AvgIpc) is 2.87. The standard InChI is InChI=1S/C17H18N2S2/c1-12-5-4-6-14(9-12)20-11-13(18)10-17-19-15-7-2-3-8-16(15)21-17/h2-9,13H,10-11,18H2,1H3. The Morgan fingerprint density at radius 3 is 2.86 bits per heavy atom. The predicted molar refractivity (Wildman–Crippen MR) is 93.2 cm³/mol. The summed E-state index contributed by atoms with van der Waals surface area (Å²) in [5.74, 6) is 0.916. The molecule has 0 amide bonds. The zero-order valence-electron chi connectivity index (χ0n) is 12.0. The van der Waals surface area contributed by atoms with Crippen LogP contribution in [-0.2, 0) is 6.42 Å². The first-order valence-electron chi connectivity index (χ1n) is 7.00. The zero-order chi connectivity index (χ0) is 14.7. The van der Waals surface area contributed by atoms with Crippen molar-refractivity contribution in [3.8, 4) is 0 Å². The number of nitrogens with two attached hydrogens (primary N) is 1. The van der Waals surface area contributed by atoms with E-state index in [-0.39, 0.29) is 6.04 Å². The summed E-state index contributed by atoms with van der Waals surface area (Å²) in [6.07, 6.45) is 0.845. The number of hydrogen-bond acceptors (Lipinski definition) is 4. The summed E-state index contributed by atoms with van der Waals surface area (Å²) >= 11 is 3.57. The Kier molecular flexibility index (Phi) is 4.58. The number of nitrogens with zero attached hydrogens (tertiary/aromatic N) is 1. The average molecular weight is 314 g/mol. The molecule has 1 atom stereocenters. The van der Waals surface area contributed by atoms with Crippen LogP contribution in [0.2, 0.25) is 0 Å². The van der Waals surface area contributed by atoms with E-state index in [1.54, 1.807) is 11.3 Å². The molecule has 0 aliphatic heterocycles. The highest BCUT2D eigenvalue weighted by atomic mass is 32.2. The van der Waals surface area contributed by atoms with Crippen LogP contribution in [0.1, 0.15) is 10.6 Å². The van der Waals surface area contributed by atoms with E-state index in [2.05, 4.69) is 54.4 Å². The molecule has 0 bridgehead atoms. The fourth-order valence-corrected chi connectivity index (χ4v) is 4.23. The molecule has 1 unspecified atom stereocenters. The van der Waals surface area contributed by atoms with Crippen LogP contribution < -0.4 is 5.73 Å². The minimum atomic E-state index is 0.135. The Hall–Kier alpha value is -1.36. The smallest absolute Gasteiger partial charge is 0.0954 e. The van der Waals surface area contributed by atoms with E-state index in [0.717, 1.165) is 22.7 Å². The number of thioether (sulfide) groups is 1. The number of aryl methyl sites for hydroxylation is 1. The molecule has 3 aromatic rings. The fourth-order valence-electron chi connectivity index (χ4n) is 2.20. The lowest BCUT2D eigenvalue weighted by Gasteiger charge is -2.09. The van der Waals surface area contributed by atoms with E-state index >= 15 is 0 Å². The van der Waals surface area contributed by atoms with Gasteiger partial charge >= 0.3 is 0 Å². The molecule has 1 heterocycles. The molecule has 108 valence electrons. The summed E-state index contributed by atoms with van der Waals surface area (Å²) in [7, 11) is 0. The van der Waals surface area contributed by atoms with E-state index in [9.17, 15) is 0 Å². The second-order valence-corrected chi connectivity index (χ2v) is 7.38. The molecule has 0 saturated carbocycles. The van der Waals surface area contributed by atoms with Gasteiger partial charge in [0.05, 0.1) is 15.2 Å². The van der Waals surface area contributed by atoms with Crippen LogP contribution in [0.4, 0.5) is 0 Å². The zero-order valence-corrected chi connectivity index (χ0v) is 13.6. The van der Waals surface area contributed by atoms with Crippen molar-refractivity contribution in [2.75, 3.05) is 5.75 Å². The summed E-state index contributed by atoms with van der Waals surface area (Å²) in [6.45, 7) is 2.12. The number of rotatable bonds is 5. The van der Waals surface area contributed by atoms with Crippen molar-refractivity contribution in [3.05, 3.63) is 59.1 Å². The van der Waals surface area contributed by atoms with Crippen LogP contribution in [0, 0.1) is 6.92 Å². The lowest BCUT2D eigenvalue weighted by Crippen LogP contribution is -2.25. The van der Waals surface area contributed by atoms with Gasteiger partial charge in [0.15, 0.2) is 0 Å². The molecule has 3 rings (SSSR count). The highest BCUT2D eigenvalue weighted by molar-refractivity contribution is 7.99. The fraction of sp³-hybridized carbons (Fsp3) is 0.235. The van der Waals surface area contributed by atoms with Crippen LogP contribution in [0.3, 0.4) is 0 Å². The van der Waals surface area contributed by atoms with Gasteiger partial charge in [-0.15, -0.1) is 23.1 Å². The lowest BCUT2D eigenvalue weighted by molar-refractivity contribution is 0.745. The Bertz CT molecular complexity index is 703. The Labute approximate surface area is 133 Å². The molecule has 1 aromatic heterocycles. The summed E-state index contributed by atoms with van der Waals surface area (Å²) in [5, 5.41) is 1.13. The van der Waals surface area contributed by atoms with Crippen molar-refractivity contribution >= 4 is 33.3 Å². The minimum absolute atomic E-state index is 0.135. The quantitative estimate of drug-likeness (QED) is 0.715. The third kappa shape index (κ3) is 3.84. The van der Waals surface area contributed by atoms with Gasteiger partial charge in [0.2, 0.25) is 0 Å². The summed E-state index contributed by atoms with van der Waals surface area (Å²) < 4.78 is 1.24. The number of hydrogen-bond donors (Lipinski definition) is 1. The number of aromatic nitrogens is 1. The molecular formula is C17H18N2S2.